The van der Waals surface area contributed by atoms with E-state index in [4.69, 9.17) is 0 Å². The second-order valence-electron chi connectivity index (χ2n) is 4.56. The maximum absolute atomic E-state index is 13.5. The van der Waals surface area contributed by atoms with Crippen LogP contribution < -0.4 is 0 Å². The molecular formula is C12H21FN2O. The Bertz CT molecular complexity index is 266. The van der Waals surface area contributed by atoms with Crippen LogP contribution in [0.3, 0.4) is 0 Å². The van der Waals surface area contributed by atoms with Crippen LogP contribution >= 0.6 is 0 Å². The molecule has 92 valence electrons. The monoisotopic (exact) mass is 228 g/mol. The summed E-state index contributed by atoms with van der Waals surface area (Å²) in [6.07, 6.45) is 0.369. The number of hydrogen-bond acceptors (Lipinski definition) is 2. The van der Waals surface area contributed by atoms with Crippen LogP contribution in [0.4, 0.5) is 4.39 Å². The van der Waals surface area contributed by atoms with Crippen molar-refractivity contribution in [2.45, 2.75) is 39.0 Å². The third-order valence-corrected chi connectivity index (χ3v) is 3.14. The summed E-state index contributed by atoms with van der Waals surface area (Å²) in [6.45, 7) is 11.0. The number of piperazine rings is 1. The Morgan fingerprint density at radius 2 is 2.06 bits per heavy atom. The van der Waals surface area contributed by atoms with Crippen molar-refractivity contribution in [3.63, 3.8) is 0 Å². The molecule has 0 aromatic heterocycles. The number of carbonyl (C=O) groups is 1. The van der Waals surface area contributed by atoms with Crippen molar-refractivity contribution in [1.82, 2.24) is 9.80 Å². The van der Waals surface area contributed by atoms with Crippen LogP contribution in [0.1, 0.15) is 20.8 Å². The van der Waals surface area contributed by atoms with E-state index >= 15 is 0 Å². The molecule has 16 heavy (non-hydrogen) atoms. The van der Waals surface area contributed by atoms with Crippen molar-refractivity contribution >= 4 is 5.91 Å². The maximum atomic E-state index is 13.5. The van der Waals surface area contributed by atoms with Crippen LogP contribution in [0.25, 0.3) is 0 Å². The Balaban J connectivity index is 2.72. The average molecular weight is 228 g/mol. The SMILES string of the molecule is C=CC(=O)N1CCN(C(C)C)C(C(C)F)C1. The van der Waals surface area contributed by atoms with Gasteiger partial charge >= 0.3 is 0 Å². The third-order valence-electron chi connectivity index (χ3n) is 3.14. The first-order valence-corrected chi connectivity index (χ1v) is 5.78. The van der Waals surface area contributed by atoms with E-state index in [1.807, 2.05) is 0 Å². The Labute approximate surface area is 96.9 Å². The Morgan fingerprint density at radius 3 is 2.50 bits per heavy atom. The molecule has 0 aromatic rings. The molecule has 0 bridgehead atoms. The number of nitrogens with zero attached hydrogens (tertiary/aromatic N) is 2. The zero-order chi connectivity index (χ0) is 12.3. The molecule has 1 heterocycles. The van der Waals surface area contributed by atoms with E-state index in [1.54, 1.807) is 11.8 Å². The Kier molecular flexibility index (Phi) is 4.47. The standard InChI is InChI=1S/C12H21FN2O/c1-5-12(16)14-6-7-15(9(2)3)11(8-14)10(4)13/h5,9-11H,1,6-8H2,2-4H3. The highest BCUT2D eigenvalue weighted by atomic mass is 19.1. The van der Waals surface area contributed by atoms with Crippen molar-refractivity contribution in [3.05, 3.63) is 12.7 Å². The predicted octanol–water partition coefficient (Wildman–Crippen LogP) is 1.45. The largest absolute Gasteiger partial charge is 0.336 e. The van der Waals surface area contributed by atoms with E-state index in [0.29, 0.717) is 19.1 Å². The second-order valence-corrected chi connectivity index (χ2v) is 4.56. The number of carbonyl (C=O) groups excluding carboxylic acids is 1. The summed E-state index contributed by atoms with van der Waals surface area (Å²) >= 11 is 0. The smallest absolute Gasteiger partial charge is 0.246 e. The van der Waals surface area contributed by atoms with Gasteiger partial charge in [0, 0.05) is 25.7 Å². The first-order valence-electron chi connectivity index (χ1n) is 5.78. The van der Waals surface area contributed by atoms with Gasteiger partial charge in [0.05, 0.1) is 6.04 Å². The summed E-state index contributed by atoms with van der Waals surface area (Å²) in [5.74, 6) is -0.103. The Hall–Kier alpha value is -0.900. The molecule has 1 aliphatic heterocycles. The van der Waals surface area contributed by atoms with Gasteiger partial charge < -0.3 is 4.90 Å². The zero-order valence-electron chi connectivity index (χ0n) is 10.3. The van der Waals surface area contributed by atoms with Gasteiger partial charge in [-0.15, -0.1) is 0 Å². The molecule has 1 aliphatic rings. The molecule has 4 heteroatoms. The van der Waals surface area contributed by atoms with Gasteiger partial charge in [-0.25, -0.2) is 4.39 Å². The van der Waals surface area contributed by atoms with Crippen LogP contribution in [-0.2, 0) is 4.79 Å². The summed E-state index contributed by atoms with van der Waals surface area (Å²) in [6, 6.07) is 0.113. The van der Waals surface area contributed by atoms with Crippen molar-refractivity contribution in [1.29, 1.82) is 0 Å². The molecular weight excluding hydrogens is 207 g/mol. The van der Waals surface area contributed by atoms with Crippen molar-refractivity contribution in [2.75, 3.05) is 19.6 Å². The average Bonchev–Trinajstić information content (AvgIpc) is 2.26. The normalized spacial score (nSPS) is 24.6. The van der Waals surface area contributed by atoms with Crippen LogP contribution in [-0.4, -0.2) is 53.6 Å². The summed E-state index contributed by atoms with van der Waals surface area (Å²) in [5, 5.41) is 0. The van der Waals surface area contributed by atoms with Crippen LogP contribution in [0.2, 0.25) is 0 Å². The summed E-state index contributed by atoms with van der Waals surface area (Å²) < 4.78 is 13.5. The lowest BCUT2D eigenvalue weighted by Gasteiger charge is -2.43. The highest BCUT2D eigenvalue weighted by molar-refractivity contribution is 5.87. The molecule has 1 fully saturated rings. The fourth-order valence-electron chi connectivity index (χ4n) is 2.20. The highest BCUT2D eigenvalue weighted by Gasteiger charge is 2.33. The quantitative estimate of drug-likeness (QED) is 0.683. The van der Waals surface area contributed by atoms with Gasteiger partial charge in [0.1, 0.15) is 6.17 Å². The molecule has 0 N–H and O–H groups in total. The molecule has 0 radical (unpaired) electrons. The number of amides is 1. The fraction of sp³-hybridized carbons (Fsp3) is 0.750. The summed E-state index contributed by atoms with van der Waals surface area (Å²) in [4.78, 5) is 15.3. The molecule has 3 nitrogen and oxygen atoms in total. The van der Waals surface area contributed by atoms with Gasteiger partial charge in [0.15, 0.2) is 0 Å². The van der Waals surface area contributed by atoms with Gasteiger partial charge in [-0.1, -0.05) is 6.58 Å². The number of alkyl halides is 1. The number of rotatable bonds is 3. The third kappa shape index (κ3) is 2.82. The minimum atomic E-state index is -0.928. The molecule has 0 aromatic carbocycles. The van der Waals surface area contributed by atoms with Gasteiger partial charge in [0.25, 0.3) is 0 Å². The highest BCUT2D eigenvalue weighted by Crippen LogP contribution is 2.18. The minimum Gasteiger partial charge on any atom is -0.336 e. The van der Waals surface area contributed by atoms with Gasteiger partial charge in [-0.3, -0.25) is 9.69 Å². The predicted molar refractivity (Wildman–Crippen MR) is 63.0 cm³/mol. The van der Waals surface area contributed by atoms with E-state index in [-0.39, 0.29) is 11.9 Å². The van der Waals surface area contributed by atoms with E-state index in [1.165, 1.54) is 6.08 Å². The van der Waals surface area contributed by atoms with Gasteiger partial charge in [-0.2, -0.15) is 0 Å². The lowest BCUT2D eigenvalue weighted by Crippen LogP contribution is -2.59. The summed E-state index contributed by atoms with van der Waals surface area (Å²) in [7, 11) is 0. The van der Waals surface area contributed by atoms with Crippen molar-refractivity contribution in [2.24, 2.45) is 0 Å². The molecule has 2 unspecified atom stereocenters. The second kappa shape index (κ2) is 5.43. The van der Waals surface area contributed by atoms with Crippen molar-refractivity contribution in [3.8, 4) is 0 Å². The maximum Gasteiger partial charge on any atom is 0.246 e. The molecule has 0 spiro atoms. The topological polar surface area (TPSA) is 23.6 Å². The van der Waals surface area contributed by atoms with Gasteiger partial charge in [-0.05, 0) is 26.8 Å². The lowest BCUT2D eigenvalue weighted by atomic mass is 10.1. The van der Waals surface area contributed by atoms with Crippen LogP contribution in [0.15, 0.2) is 12.7 Å². The molecule has 0 saturated carbocycles. The van der Waals surface area contributed by atoms with E-state index in [9.17, 15) is 9.18 Å². The zero-order valence-corrected chi connectivity index (χ0v) is 10.3. The van der Waals surface area contributed by atoms with Crippen molar-refractivity contribution < 1.29 is 9.18 Å². The Morgan fingerprint density at radius 1 is 1.44 bits per heavy atom. The fourth-order valence-corrected chi connectivity index (χ4v) is 2.20. The van der Waals surface area contributed by atoms with E-state index in [0.717, 1.165) is 6.54 Å². The molecule has 2 atom stereocenters. The summed E-state index contributed by atoms with van der Waals surface area (Å²) in [5.41, 5.74) is 0. The minimum absolute atomic E-state index is 0.103. The van der Waals surface area contributed by atoms with E-state index in [2.05, 4.69) is 25.3 Å². The van der Waals surface area contributed by atoms with Gasteiger partial charge in [0.2, 0.25) is 5.91 Å². The van der Waals surface area contributed by atoms with Crippen LogP contribution in [0, 0.1) is 0 Å². The molecule has 1 rings (SSSR count). The number of hydrogen-bond donors (Lipinski definition) is 0. The first kappa shape index (κ1) is 13.2. The molecule has 1 saturated heterocycles. The van der Waals surface area contributed by atoms with Crippen LogP contribution in [0.5, 0.6) is 0 Å². The number of halogens is 1. The first-order chi connectivity index (χ1) is 7.47. The molecule has 0 aliphatic carbocycles. The molecule has 1 amide bonds. The van der Waals surface area contributed by atoms with E-state index < -0.39 is 6.17 Å². The lowest BCUT2D eigenvalue weighted by molar-refractivity contribution is -0.130.